The zero-order valence-corrected chi connectivity index (χ0v) is 19.9. The van der Waals surface area contributed by atoms with E-state index in [1.165, 1.54) is 0 Å². The van der Waals surface area contributed by atoms with Crippen molar-refractivity contribution in [1.82, 2.24) is 9.91 Å². The van der Waals surface area contributed by atoms with Crippen LogP contribution in [0.15, 0.2) is 47.6 Å². The summed E-state index contributed by atoms with van der Waals surface area (Å²) in [6.45, 7) is 4.55. The summed E-state index contributed by atoms with van der Waals surface area (Å²) in [7, 11) is 4.89. The van der Waals surface area contributed by atoms with Gasteiger partial charge in [0.1, 0.15) is 5.75 Å². The first-order chi connectivity index (χ1) is 16.0. The monoisotopic (exact) mass is 451 g/mol. The third kappa shape index (κ3) is 4.98. The number of hydrogen-bond acceptors (Lipinski definition) is 6. The predicted octanol–water partition coefficient (Wildman–Crippen LogP) is 4.12. The standard InChI is InChI=1S/C26H33N3O4/c1-18-11-13-28(14-12-18)17-26(30)29-22(20-7-5-6-8-23(20)31-2)16-21(27-29)19-9-10-24(32-3)25(15-19)33-4/h5-10,15,18,22H,11-14,16-17H2,1-4H3. The molecule has 2 aromatic carbocycles. The van der Waals surface area contributed by atoms with E-state index in [0.717, 1.165) is 54.4 Å². The molecule has 4 rings (SSSR count). The number of hydrazone groups is 1. The van der Waals surface area contributed by atoms with Crippen LogP contribution in [0.5, 0.6) is 17.2 Å². The Bertz CT molecular complexity index is 1010. The minimum atomic E-state index is -0.222. The van der Waals surface area contributed by atoms with Crippen molar-refractivity contribution in [2.24, 2.45) is 11.0 Å². The molecular weight excluding hydrogens is 418 g/mol. The van der Waals surface area contributed by atoms with Crippen molar-refractivity contribution >= 4 is 11.6 Å². The highest BCUT2D eigenvalue weighted by Gasteiger charge is 2.35. The zero-order chi connectivity index (χ0) is 23.4. The zero-order valence-electron chi connectivity index (χ0n) is 19.9. The van der Waals surface area contributed by atoms with Crippen molar-refractivity contribution in [2.45, 2.75) is 32.2 Å². The van der Waals surface area contributed by atoms with Gasteiger partial charge in [0.15, 0.2) is 11.5 Å². The molecule has 0 aliphatic carbocycles. The molecule has 1 fully saturated rings. The molecule has 1 atom stereocenters. The molecule has 0 N–H and O–H groups in total. The lowest BCUT2D eigenvalue weighted by Gasteiger charge is -2.31. The Morgan fingerprint density at radius 1 is 0.970 bits per heavy atom. The summed E-state index contributed by atoms with van der Waals surface area (Å²) in [5.41, 5.74) is 2.71. The number of carbonyl (C=O) groups excluding carboxylic acids is 1. The Balaban J connectivity index is 1.64. The molecule has 176 valence electrons. The Labute approximate surface area is 195 Å². The van der Waals surface area contributed by atoms with Crippen molar-refractivity contribution in [3.63, 3.8) is 0 Å². The van der Waals surface area contributed by atoms with Crippen LogP contribution in [-0.4, -0.2) is 62.5 Å². The number of likely N-dealkylation sites (tertiary alicyclic amines) is 1. The van der Waals surface area contributed by atoms with Crippen LogP contribution < -0.4 is 14.2 Å². The highest BCUT2D eigenvalue weighted by atomic mass is 16.5. The lowest BCUT2D eigenvalue weighted by atomic mass is 9.97. The van der Waals surface area contributed by atoms with Crippen LogP contribution in [0.2, 0.25) is 0 Å². The van der Waals surface area contributed by atoms with E-state index < -0.39 is 0 Å². The number of hydrogen-bond donors (Lipinski definition) is 0. The fraction of sp³-hybridized carbons (Fsp3) is 0.462. The van der Waals surface area contributed by atoms with Gasteiger partial charge < -0.3 is 14.2 Å². The van der Waals surface area contributed by atoms with Gasteiger partial charge in [-0.3, -0.25) is 9.69 Å². The molecular formula is C26H33N3O4. The summed E-state index contributed by atoms with van der Waals surface area (Å²) in [5, 5.41) is 6.48. The first kappa shape index (κ1) is 23.1. The molecule has 1 unspecified atom stereocenters. The van der Waals surface area contributed by atoms with Gasteiger partial charge in [-0.2, -0.15) is 5.10 Å². The number of piperidine rings is 1. The summed E-state index contributed by atoms with van der Waals surface area (Å²) in [5.74, 6) is 2.79. The van der Waals surface area contributed by atoms with Crippen LogP contribution in [0, 0.1) is 5.92 Å². The first-order valence-corrected chi connectivity index (χ1v) is 11.5. The van der Waals surface area contributed by atoms with Gasteiger partial charge in [0, 0.05) is 17.5 Å². The van der Waals surface area contributed by atoms with Gasteiger partial charge in [0.05, 0.1) is 39.6 Å². The Hall–Kier alpha value is -3.06. The summed E-state index contributed by atoms with van der Waals surface area (Å²) < 4.78 is 16.5. The maximum absolute atomic E-state index is 13.5. The Morgan fingerprint density at radius 2 is 1.67 bits per heavy atom. The lowest BCUT2D eigenvalue weighted by Crippen LogP contribution is -2.41. The van der Waals surface area contributed by atoms with Crippen LogP contribution in [0.25, 0.3) is 0 Å². The molecule has 1 amide bonds. The maximum atomic E-state index is 13.5. The van der Waals surface area contributed by atoms with Crippen LogP contribution >= 0.6 is 0 Å². The quantitative estimate of drug-likeness (QED) is 0.634. The largest absolute Gasteiger partial charge is 0.496 e. The van der Waals surface area contributed by atoms with Gasteiger partial charge in [-0.1, -0.05) is 25.1 Å². The molecule has 2 heterocycles. The molecule has 0 spiro atoms. The van der Waals surface area contributed by atoms with Crippen molar-refractivity contribution < 1.29 is 19.0 Å². The van der Waals surface area contributed by atoms with E-state index in [1.807, 2.05) is 42.5 Å². The van der Waals surface area contributed by atoms with E-state index in [9.17, 15) is 4.79 Å². The number of amides is 1. The van der Waals surface area contributed by atoms with Gasteiger partial charge >= 0.3 is 0 Å². The van der Waals surface area contributed by atoms with Crippen LogP contribution in [0.4, 0.5) is 0 Å². The number of benzene rings is 2. The van der Waals surface area contributed by atoms with Crippen molar-refractivity contribution in [3.05, 3.63) is 53.6 Å². The minimum absolute atomic E-state index is 0.0101. The molecule has 1 saturated heterocycles. The Kier molecular flexibility index (Phi) is 7.18. The highest BCUT2D eigenvalue weighted by molar-refractivity contribution is 6.03. The molecule has 7 heteroatoms. The third-order valence-electron chi connectivity index (χ3n) is 6.62. The highest BCUT2D eigenvalue weighted by Crippen LogP contribution is 2.38. The van der Waals surface area contributed by atoms with E-state index in [1.54, 1.807) is 26.3 Å². The Morgan fingerprint density at radius 3 is 2.36 bits per heavy atom. The van der Waals surface area contributed by atoms with Gasteiger partial charge in [0.25, 0.3) is 5.91 Å². The summed E-state index contributed by atoms with van der Waals surface area (Å²) >= 11 is 0. The van der Waals surface area contributed by atoms with Gasteiger partial charge in [-0.15, -0.1) is 0 Å². The molecule has 0 saturated carbocycles. The molecule has 0 radical (unpaired) electrons. The fourth-order valence-corrected chi connectivity index (χ4v) is 4.60. The van der Waals surface area contributed by atoms with E-state index in [0.29, 0.717) is 24.5 Å². The number of carbonyl (C=O) groups is 1. The van der Waals surface area contributed by atoms with Crippen LogP contribution in [-0.2, 0) is 4.79 Å². The molecule has 0 aromatic heterocycles. The van der Waals surface area contributed by atoms with E-state index >= 15 is 0 Å². The fourth-order valence-electron chi connectivity index (χ4n) is 4.60. The second-order valence-electron chi connectivity index (χ2n) is 8.78. The summed E-state index contributed by atoms with van der Waals surface area (Å²) in [4.78, 5) is 15.7. The minimum Gasteiger partial charge on any atom is -0.496 e. The van der Waals surface area contributed by atoms with Crippen molar-refractivity contribution in [2.75, 3.05) is 41.0 Å². The van der Waals surface area contributed by atoms with Gasteiger partial charge in [-0.25, -0.2) is 5.01 Å². The molecule has 0 bridgehead atoms. The number of nitrogens with zero attached hydrogens (tertiary/aromatic N) is 3. The normalized spacial score (nSPS) is 19.3. The molecule has 2 aliphatic rings. The molecule has 33 heavy (non-hydrogen) atoms. The van der Waals surface area contributed by atoms with Gasteiger partial charge in [0.2, 0.25) is 0 Å². The number of ether oxygens (including phenoxy) is 3. The third-order valence-corrected chi connectivity index (χ3v) is 6.62. The summed E-state index contributed by atoms with van der Waals surface area (Å²) in [6.07, 6.45) is 2.85. The smallest absolute Gasteiger partial charge is 0.257 e. The van der Waals surface area contributed by atoms with Crippen LogP contribution in [0.3, 0.4) is 0 Å². The predicted molar refractivity (Wildman–Crippen MR) is 128 cm³/mol. The molecule has 2 aliphatic heterocycles. The maximum Gasteiger partial charge on any atom is 0.257 e. The topological polar surface area (TPSA) is 63.6 Å². The number of para-hydroxylation sites is 1. The average Bonchev–Trinajstić information content (AvgIpc) is 3.30. The van der Waals surface area contributed by atoms with E-state index in [4.69, 9.17) is 19.3 Å². The second-order valence-corrected chi connectivity index (χ2v) is 8.78. The van der Waals surface area contributed by atoms with E-state index in [-0.39, 0.29) is 11.9 Å². The number of rotatable bonds is 7. The first-order valence-electron chi connectivity index (χ1n) is 11.5. The SMILES string of the molecule is COc1ccc(C2=NN(C(=O)CN3CCC(C)CC3)C(c3ccccc3OC)C2)cc1OC. The second kappa shape index (κ2) is 10.3. The van der Waals surface area contributed by atoms with E-state index in [2.05, 4.69) is 11.8 Å². The lowest BCUT2D eigenvalue weighted by molar-refractivity contribution is -0.134. The summed E-state index contributed by atoms with van der Waals surface area (Å²) in [6, 6.07) is 13.4. The molecule has 2 aromatic rings. The van der Waals surface area contributed by atoms with Gasteiger partial charge in [-0.05, 0) is 56.1 Å². The van der Waals surface area contributed by atoms with Crippen molar-refractivity contribution in [1.29, 1.82) is 0 Å². The van der Waals surface area contributed by atoms with Crippen LogP contribution in [0.1, 0.15) is 43.4 Å². The van der Waals surface area contributed by atoms with Crippen molar-refractivity contribution in [3.8, 4) is 17.2 Å². The number of methoxy groups -OCH3 is 3. The average molecular weight is 452 g/mol. The molecule has 7 nitrogen and oxygen atoms in total.